The Hall–Kier alpha value is -1.76. The maximum absolute atomic E-state index is 10.3. The van der Waals surface area contributed by atoms with Gasteiger partial charge in [0.2, 0.25) is 5.95 Å². The number of nitro groups is 1. The number of hydrogen-bond acceptors (Lipinski definition) is 6. The Balaban J connectivity index is 2.39. The van der Waals surface area contributed by atoms with E-state index in [4.69, 9.17) is 5.73 Å². The Morgan fingerprint density at radius 2 is 2.07 bits per heavy atom. The van der Waals surface area contributed by atoms with Gasteiger partial charge in [0.05, 0.1) is 4.92 Å². The van der Waals surface area contributed by atoms with Crippen molar-refractivity contribution in [1.82, 2.24) is 9.97 Å². The van der Waals surface area contributed by atoms with Crippen molar-refractivity contribution in [3.8, 4) is 0 Å². The van der Waals surface area contributed by atoms with E-state index in [1.54, 1.807) is 0 Å². The molecule has 0 radical (unpaired) electrons. The third-order valence-corrected chi connectivity index (χ3v) is 1.76. The van der Waals surface area contributed by atoms with Crippen molar-refractivity contribution in [3.63, 3.8) is 0 Å². The minimum Gasteiger partial charge on any atom is -0.354 e. The smallest absolute Gasteiger partial charge is 0.305 e. The molecule has 0 unspecified atom stereocenters. The van der Waals surface area contributed by atoms with Gasteiger partial charge in [-0.15, -0.1) is 0 Å². The number of anilines is 1. The third-order valence-electron chi connectivity index (χ3n) is 1.76. The molecule has 1 heterocycles. The lowest BCUT2D eigenvalue weighted by Crippen LogP contribution is -2.08. The molecule has 0 amide bonds. The molecular formula is C8H13N5O2. The highest BCUT2D eigenvalue weighted by molar-refractivity contribution is 5.30. The zero-order valence-electron chi connectivity index (χ0n) is 8.22. The van der Waals surface area contributed by atoms with Crippen LogP contribution in [0.25, 0.3) is 0 Å². The van der Waals surface area contributed by atoms with Crippen LogP contribution in [0, 0.1) is 10.1 Å². The highest BCUT2D eigenvalue weighted by Crippen LogP contribution is 2.07. The van der Waals surface area contributed by atoms with Gasteiger partial charge in [0.1, 0.15) is 12.4 Å². The van der Waals surface area contributed by atoms with Crippen molar-refractivity contribution in [2.75, 3.05) is 18.4 Å². The number of nitrogens with two attached hydrogens (primary N) is 1. The Bertz CT molecular complexity index is 313. The van der Waals surface area contributed by atoms with Crippen molar-refractivity contribution < 1.29 is 4.92 Å². The van der Waals surface area contributed by atoms with Crippen LogP contribution in [0.5, 0.6) is 0 Å². The van der Waals surface area contributed by atoms with Gasteiger partial charge < -0.3 is 11.1 Å². The number of nitrogens with zero attached hydrogens (tertiary/aromatic N) is 3. The molecule has 7 heteroatoms. The molecule has 0 aliphatic heterocycles. The van der Waals surface area contributed by atoms with E-state index in [1.165, 1.54) is 12.4 Å². The van der Waals surface area contributed by atoms with E-state index >= 15 is 0 Å². The fraction of sp³-hybridized carbons (Fsp3) is 0.500. The number of unbranched alkanes of at least 4 members (excludes halogenated alkanes) is 1. The van der Waals surface area contributed by atoms with Gasteiger partial charge in [0, 0.05) is 6.54 Å². The predicted octanol–water partition coefficient (Wildman–Crippen LogP) is 0.536. The van der Waals surface area contributed by atoms with Gasteiger partial charge in [-0.2, -0.15) is 0 Å². The minimum atomic E-state index is -0.530. The molecule has 0 bridgehead atoms. The first-order valence-electron chi connectivity index (χ1n) is 4.64. The van der Waals surface area contributed by atoms with E-state index in [0.29, 0.717) is 12.5 Å². The van der Waals surface area contributed by atoms with Gasteiger partial charge in [0.15, 0.2) is 0 Å². The van der Waals surface area contributed by atoms with Crippen LogP contribution >= 0.6 is 0 Å². The van der Waals surface area contributed by atoms with E-state index in [9.17, 15) is 10.1 Å². The average Bonchev–Trinajstić information content (AvgIpc) is 2.25. The van der Waals surface area contributed by atoms with Gasteiger partial charge >= 0.3 is 5.69 Å². The molecule has 0 fully saturated rings. The molecule has 0 aromatic carbocycles. The molecule has 0 spiro atoms. The largest absolute Gasteiger partial charge is 0.354 e. The number of rotatable bonds is 6. The summed E-state index contributed by atoms with van der Waals surface area (Å²) in [5, 5.41) is 13.2. The Kier molecular flexibility index (Phi) is 4.42. The van der Waals surface area contributed by atoms with Crippen molar-refractivity contribution >= 4 is 11.6 Å². The first kappa shape index (κ1) is 11.3. The minimum absolute atomic E-state index is 0.109. The van der Waals surface area contributed by atoms with Crippen LogP contribution in [0.3, 0.4) is 0 Å². The summed E-state index contributed by atoms with van der Waals surface area (Å²) in [5.74, 6) is 0.401. The first-order valence-corrected chi connectivity index (χ1v) is 4.64. The quantitative estimate of drug-likeness (QED) is 0.404. The third kappa shape index (κ3) is 3.86. The molecule has 0 atom stereocenters. The molecule has 1 aromatic rings. The molecule has 0 aliphatic carbocycles. The molecule has 15 heavy (non-hydrogen) atoms. The fourth-order valence-corrected chi connectivity index (χ4v) is 0.976. The van der Waals surface area contributed by atoms with Crippen LogP contribution in [0.2, 0.25) is 0 Å². The normalized spacial score (nSPS) is 9.93. The van der Waals surface area contributed by atoms with Crippen molar-refractivity contribution in [2.24, 2.45) is 5.73 Å². The first-order chi connectivity index (χ1) is 7.24. The predicted molar refractivity (Wildman–Crippen MR) is 55.5 cm³/mol. The summed E-state index contributed by atoms with van der Waals surface area (Å²) >= 11 is 0. The summed E-state index contributed by atoms with van der Waals surface area (Å²) in [6, 6.07) is 0. The van der Waals surface area contributed by atoms with E-state index < -0.39 is 4.92 Å². The van der Waals surface area contributed by atoms with Crippen LogP contribution in [0.15, 0.2) is 12.4 Å². The summed E-state index contributed by atoms with van der Waals surface area (Å²) in [4.78, 5) is 17.4. The van der Waals surface area contributed by atoms with Gasteiger partial charge in [-0.3, -0.25) is 10.1 Å². The number of nitrogens with one attached hydrogen (secondary N) is 1. The Morgan fingerprint density at radius 3 is 2.60 bits per heavy atom. The summed E-state index contributed by atoms with van der Waals surface area (Å²) in [7, 11) is 0. The van der Waals surface area contributed by atoms with Gasteiger partial charge in [0.25, 0.3) is 0 Å². The Morgan fingerprint density at radius 1 is 1.40 bits per heavy atom. The van der Waals surface area contributed by atoms with Crippen LogP contribution in [-0.4, -0.2) is 28.0 Å². The van der Waals surface area contributed by atoms with Crippen LogP contribution in [-0.2, 0) is 0 Å². The molecular weight excluding hydrogens is 198 g/mol. The highest BCUT2D eigenvalue weighted by atomic mass is 16.6. The summed E-state index contributed by atoms with van der Waals surface area (Å²) in [6.07, 6.45) is 4.22. The van der Waals surface area contributed by atoms with E-state index in [1.807, 2.05) is 0 Å². The van der Waals surface area contributed by atoms with E-state index in [2.05, 4.69) is 15.3 Å². The molecule has 0 aliphatic rings. The molecule has 3 N–H and O–H groups in total. The SMILES string of the molecule is NCCCCNc1ncc([N+](=O)[O-])cn1. The summed E-state index contributed by atoms with van der Waals surface area (Å²) in [5.41, 5.74) is 5.22. The summed E-state index contributed by atoms with van der Waals surface area (Å²) < 4.78 is 0. The average molecular weight is 211 g/mol. The van der Waals surface area contributed by atoms with E-state index in [0.717, 1.165) is 19.4 Å². The number of hydrogen-bond donors (Lipinski definition) is 2. The zero-order valence-corrected chi connectivity index (χ0v) is 8.22. The molecule has 7 nitrogen and oxygen atoms in total. The second-order valence-electron chi connectivity index (χ2n) is 2.94. The van der Waals surface area contributed by atoms with Crippen molar-refractivity contribution in [1.29, 1.82) is 0 Å². The zero-order chi connectivity index (χ0) is 11.1. The lowest BCUT2D eigenvalue weighted by Gasteiger charge is -2.02. The molecule has 0 saturated carbocycles. The topological polar surface area (TPSA) is 107 Å². The van der Waals surface area contributed by atoms with Crippen molar-refractivity contribution in [3.05, 3.63) is 22.5 Å². The van der Waals surface area contributed by atoms with Gasteiger partial charge in [-0.1, -0.05) is 0 Å². The standard InChI is InChI=1S/C8H13N5O2/c9-3-1-2-4-10-8-11-5-7(6-12-8)13(14)15/h5-6H,1-4,9H2,(H,10,11,12). The molecule has 82 valence electrons. The fourth-order valence-electron chi connectivity index (χ4n) is 0.976. The lowest BCUT2D eigenvalue weighted by atomic mass is 10.3. The molecule has 0 saturated heterocycles. The van der Waals surface area contributed by atoms with Gasteiger partial charge in [-0.25, -0.2) is 9.97 Å². The van der Waals surface area contributed by atoms with Crippen LogP contribution in [0.1, 0.15) is 12.8 Å². The Labute approximate surface area is 86.9 Å². The second kappa shape index (κ2) is 5.86. The maximum Gasteiger partial charge on any atom is 0.305 e. The second-order valence-corrected chi connectivity index (χ2v) is 2.94. The molecule has 1 aromatic heterocycles. The number of aromatic nitrogens is 2. The van der Waals surface area contributed by atoms with Crippen LogP contribution < -0.4 is 11.1 Å². The molecule has 1 rings (SSSR count). The van der Waals surface area contributed by atoms with E-state index in [-0.39, 0.29) is 5.69 Å². The van der Waals surface area contributed by atoms with Crippen LogP contribution in [0.4, 0.5) is 11.6 Å². The highest BCUT2D eigenvalue weighted by Gasteiger charge is 2.05. The monoisotopic (exact) mass is 211 g/mol. The van der Waals surface area contributed by atoms with Crippen molar-refractivity contribution in [2.45, 2.75) is 12.8 Å². The van der Waals surface area contributed by atoms with Gasteiger partial charge in [-0.05, 0) is 19.4 Å². The lowest BCUT2D eigenvalue weighted by molar-refractivity contribution is -0.385. The maximum atomic E-state index is 10.3. The summed E-state index contributed by atoms with van der Waals surface area (Å²) in [6.45, 7) is 1.37.